The highest BCUT2D eigenvalue weighted by atomic mass is 35.5. The summed E-state index contributed by atoms with van der Waals surface area (Å²) in [7, 11) is 1.36. The van der Waals surface area contributed by atoms with Crippen molar-refractivity contribution in [3.8, 4) is 11.4 Å². The van der Waals surface area contributed by atoms with Crippen LogP contribution in [-0.2, 0) is 22.4 Å². The number of methoxy groups -OCH3 is 1. The van der Waals surface area contributed by atoms with E-state index in [1.807, 2.05) is 18.2 Å². The van der Waals surface area contributed by atoms with E-state index in [0.717, 1.165) is 16.8 Å². The molecule has 6 heteroatoms. The fourth-order valence-corrected chi connectivity index (χ4v) is 4.28. The van der Waals surface area contributed by atoms with Gasteiger partial charge in [0.15, 0.2) is 5.82 Å². The van der Waals surface area contributed by atoms with Gasteiger partial charge in [-0.25, -0.2) is 14.4 Å². The smallest absolute Gasteiger partial charge is 0.313 e. The molecule has 0 bridgehead atoms. The van der Waals surface area contributed by atoms with E-state index in [9.17, 15) is 9.18 Å². The fraction of sp³-hybridized carbons (Fsp3) is 0.261. The number of nitrogens with zero attached hydrogens (tertiary/aromatic N) is 2. The largest absolute Gasteiger partial charge is 0.469 e. The first-order valence-corrected chi connectivity index (χ1v) is 9.80. The number of ether oxygens (including phenoxy) is 1. The number of hydrogen-bond acceptors (Lipinski definition) is 4. The molecule has 3 aromatic rings. The lowest BCUT2D eigenvalue weighted by Crippen LogP contribution is -2.24. The van der Waals surface area contributed by atoms with Crippen molar-refractivity contribution in [2.45, 2.75) is 25.7 Å². The predicted molar refractivity (Wildman–Crippen MR) is 109 cm³/mol. The van der Waals surface area contributed by atoms with Crippen molar-refractivity contribution in [2.24, 2.45) is 5.92 Å². The van der Waals surface area contributed by atoms with Crippen molar-refractivity contribution in [2.75, 3.05) is 7.11 Å². The number of halogens is 2. The Kier molecular flexibility index (Phi) is 5.33. The van der Waals surface area contributed by atoms with Crippen LogP contribution in [0.1, 0.15) is 28.3 Å². The Bertz CT molecular complexity index is 1090. The first-order valence-electron chi connectivity index (χ1n) is 9.42. The van der Waals surface area contributed by atoms with E-state index in [0.29, 0.717) is 34.8 Å². The van der Waals surface area contributed by atoms with Crippen molar-refractivity contribution in [3.63, 3.8) is 0 Å². The Hall–Kier alpha value is -2.79. The summed E-state index contributed by atoms with van der Waals surface area (Å²) in [6.45, 7) is 1.69. The Morgan fingerprint density at radius 2 is 2.00 bits per heavy atom. The Morgan fingerprint density at radius 3 is 2.76 bits per heavy atom. The lowest BCUT2D eigenvalue weighted by Gasteiger charge is -2.23. The van der Waals surface area contributed by atoms with Gasteiger partial charge in [0.1, 0.15) is 5.82 Å². The molecule has 0 amide bonds. The minimum absolute atomic E-state index is 0.0752. The van der Waals surface area contributed by atoms with Gasteiger partial charge in [-0.1, -0.05) is 35.9 Å². The zero-order valence-electron chi connectivity index (χ0n) is 16.2. The molecule has 0 fully saturated rings. The molecule has 0 aliphatic heterocycles. The van der Waals surface area contributed by atoms with Crippen LogP contribution >= 0.6 is 11.6 Å². The van der Waals surface area contributed by atoms with Gasteiger partial charge in [0.2, 0.25) is 0 Å². The van der Waals surface area contributed by atoms with Crippen molar-refractivity contribution in [3.05, 3.63) is 81.9 Å². The third-order valence-electron chi connectivity index (χ3n) is 5.58. The van der Waals surface area contributed by atoms with Gasteiger partial charge < -0.3 is 4.74 Å². The summed E-state index contributed by atoms with van der Waals surface area (Å²) in [5, 5.41) is 0.588. The van der Waals surface area contributed by atoms with E-state index in [-0.39, 0.29) is 17.7 Å². The molecule has 1 aliphatic rings. The molecule has 1 aromatic heterocycles. The van der Waals surface area contributed by atoms with E-state index in [4.69, 9.17) is 21.3 Å². The van der Waals surface area contributed by atoms with Gasteiger partial charge in [0.25, 0.3) is 0 Å². The summed E-state index contributed by atoms with van der Waals surface area (Å²) in [5.74, 6) is -0.766. The van der Waals surface area contributed by atoms with E-state index >= 15 is 0 Å². The molecular weight excluding hydrogens is 391 g/mol. The number of carbonyl (C=O) groups is 1. The van der Waals surface area contributed by atoms with Crippen LogP contribution < -0.4 is 0 Å². The van der Waals surface area contributed by atoms with Gasteiger partial charge in [0, 0.05) is 17.5 Å². The van der Waals surface area contributed by atoms with Crippen LogP contribution in [0, 0.1) is 18.7 Å². The molecule has 0 N–H and O–H groups in total. The van der Waals surface area contributed by atoms with Gasteiger partial charge in [-0.2, -0.15) is 0 Å². The van der Waals surface area contributed by atoms with Gasteiger partial charge >= 0.3 is 5.97 Å². The zero-order valence-corrected chi connectivity index (χ0v) is 16.9. The predicted octanol–water partition coefficient (Wildman–Crippen LogP) is 4.92. The fourth-order valence-electron chi connectivity index (χ4n) is 4.06. The Balaban J connectivity index is 1.69. The lowest BCUT2D eigenvalue weighted by molar-refractivity contribution is -0.143. The molecule has 4 nitrogen and oxygen atoms in total. The van der Waals surface area contributed by atoms with E-state index in [1.54, 1.807) is 31.3 Å². The summed E-state index contributed by atoms with van der Waals surface area (Å²) < 4.78 is 19.2. The molecule has 0 saturated carbocycles. The van der Waals surface area contributed by atoms with Crippen LogP contribution in [0.25, 0.3) is 11.4 Å². The first kappa shape index (κ1) is 19.5. The SMILES string of the molecule is COC(=O)C(c1cccc(F)c1C)C1Cc2cnc(-c3ccccc3Cl)nc2C1. The molecule has 2 atom stereocenters. The van der Waals surface area contributed by atoms with Crippen molar-refractivity contribution in [1.82, 2.24) is 9.97 Å². The second-order valence-electron chi connectivity index (χ2n) is 7.27. The molecule has 4 rings (SSSR count). The molecule has 1 heterocycles. The van der Waals surface area contributed by atoms with Crippen LogP contribution in [0.2, 0.25) is 5.02 Å². The quantitative estimate of drug-likeness (QED) is 0.573. The van der Waals surface area contributed by atoms with Crippen molar-refractivity contribution >= 4 is 17.6 Å². The number of aromatic nitrogens is 2. The topological polar surface area (TPSA) is 52.1 Å². The van der Waals surface area contributed by atoms with Gasteiger partial charge in [-0.3, -0.25) is 4.79 Å². The van der Waals surface area contributed by atoms with Gasteiger partial charge in [-0.05, 0) is 60.6 Å². The normalized spacial score (nSPS) is 16.3. The molecular formula is C23H20ClFN2O2. The number of benzene rings is 2. The average molecular weight is 411 g/mol. The molecule has 2 unspecified atom stereocenters. The molecule has 29 heavy (non-hydrogen) atoms. The monoisotopic (exact) mass is 410 g/mol. The highest BCUT2D eigenvalue weighted by molar-refractivity contribution is 6.33. The number of carbonyl (C=O) groups excluding carboxylic acids is 1. The van der Waals surface area contributed by atoms with Gasteiger partial charge in [0.05, 0.1) is 18.1 Å². The number of rotatable bonds is 4. The lowest BCUT2D eigenvalue weighted by atomic mass is 9.82. The van der Waals surface area contributed by atoms with Crippen molar-refractivity contribution in [1.29, 1.82) is 0 Å². The van der Waals surface area contributed by atoms with E-state index in [2.05, 4.69) is 4.98 Å². The minimum Gasteiger partial charge on any atom is -0.469 e. The first-order chi connectivity index (χ1) is 14.0. The van der Waals surface area contributed by atoms with Crippen molar-refractivity contribution < 1.29 is 13.9 Å². The number of esters is 1. The molecule has 0 saturated heterocycles. The second-order valence-corrected chi connectivity index (χ2v) is 7.68. The molecule has 148 valence electrons. The van der Waals surface area contributed by atoms with Crippen LogP contribution in [0.4, 0.5) is 4.39 Å². The van der Waals surface area contributed by atoms with Crippen LogP contribution in [-0.4, -0.2) is 23.0 Å². The Labute approximate surface area is 173 Å². The third-order valence-corrected chi connectivity index (χ3v) is 5.91. The standard InChI is InChI=1S/C23H20ClFN2O2/c1-13-16(7-5-9-19(13)25)21(23(28)29-2)14-10-15-12-26-22(27-20(15)11-14)17-6-3-4-8-18(17)24/h3-9,12,14,21H,10-11H2,1-2H3. The van der Waals surface area contributed by atoms with Crippen LogP contribution in [0.5, 0.6) is 0 Å². The maximum atomic E-state index is 14.1. The summed E-state index contributed by atoms with van der Waals surface area (Å²) in [4.78, 5) is 21.8. The summed E-state index contributed by atoms with van der Waals surface area (Å²) in [5.41, 5.74) is 3.79. The summed E-state index contributed by atoms with van der Waals surface area (Å²) in [6.07, 6.45) is 3.02. The highest BCUT2D eigenvalue weighted by Gasteiger charge is 2.37. The molecule has 1 aliphatic carbocycles. The third kappa shape index (κ3) is 3.62. The maximum Gasteiger partial charge on any atom is 0.313 e. The zero-order chi connectivity index (χ0) is 20.5. The number of hydrogen-bond donors (Lipinski definition) is 0. The summed E-state index contributed by atoms with van der Waals surface area (Å²) >= 11 is 6.28. The Morgan fingerprint density at radius 1 is 1.21 bits per heavy atom. The van der Waals surface area contributed by atoms with E-state index < -0.39 is 5.92 Å². The second kappa shape index (κ2) is 7.91. The van der Waals surface area contributed by atoms with Crippen LogP contribution in [0.15, 0.2) is 48.7 Å². The minimum atomic E-state index is -0.561. The van der Waals surface area contributed by atoms with Crippen LogP contribution in [0.3, 0.4) is 0 Å². The maximum absolute atomic E-state index is 14.1. The highest BCUT2D eigenvalue weighted by Crippen LogP contribution is 2.39. The molecule has 0 radical (unpaired) electrons. The van der Waals surface area contributed by atoms with Gasteiger partial charge in [-0.15, -0.1) is 0 Å². The summed E-state index contributed by atoms with van der Waals surface area (Å²) in [6, 6.07) is 12.3. The van der Waals surface area contributed by atoms with E-state index in [1.165, 1.54) is 13.2 Å². The number of fused-ring (bicyclic) bond motifs is 1. The average Bonchev–Trinajstić information content (AvgIpc) is 3.14. The molecule has 2 aromatic carbocycles. The molecule has 0 spiro atoms.